The predicted octanol–water partition coefficient (Wildman–Crippen LogP) is 7.18. The van der Waals surface area contributed by atoms with Crippen LogP contribution >= 0.6 is 11.3 Å². The van der Waals surface area contributed by atoms with E-state index in [-0.39, 0.29) is 0 Å². The number of rotatable bonds is 12. The van der Waals surface area contributed by atoms with Gasteiger partial charge in [-0.3, -0.25) is 5.32 Å². The average molecular weight is 374 g/mol. The van der Waals surface area contributed by atoms with Gasteiger partial charge in [-0.25, -0.2) is 4.79 Å². The summed E-state index contributed by atoms with van der Waals surface area (Å²) in [5, 5.41) is 3.68. The van der Waals surface area contributed by atoms with Crippen molar-refractivity contribution in [1.82, 2.24) is 0 Å². The predicted molar refractivity (Wildman–Crippen MR) is 111 cm³/mol. The monoisotopic (exact) mass is 373 g/mol. The quantitative estimate of drug-likeness (QED) is 0.400. The summed E-state index contributed by atoms with van der Waals surface area (Å²) in [6.45, 7) is 2.55. The Labute approximate surface area is 161 Å². The minimum absolute atomic E-state index is 0.295. The number of amides is 1. The Hall–Kier alpha value is -1.81. The zero-order valence-electron chi connectivity index (χ0n) is 15.8. The fraction of sp³-hybridized carbons (Fsp3) is 0.500. The molecule has 26 heavy (non-hydrogen) atoms. The van der Waals surface area contributed by atoms with Crippen LogP contribution in [0, 0.1) is 0 Å². The van der Waals surface area contributed by atoms with Crippen molar-refractivity contribution in [3.05, 3.63) is 52.9 Å². The number of anilines is 1. The topological polar surface area (TPSA) is 38.3 Å². The van der Waals surface area contributed by atoms with Gasteiger partial charge in [-0.15, -0.1) is 11.3 Å². The molecule has 0 atom stereocenters. The highest BCUT2D eigenvalue weighted by atomic mass is 32.1. The maximum absolute atomic E-state index is 11.9. The van der Waals surface area contributed by atoms with E-state index < -0.39 is 6.09 Å². The fourth-order valence-electron chi connectivity index (χ4n) is 2.87. The lowest BCUT2D eigenvalue weighted by Gasteiger charge is -2.05. The summed E-state index contributed by atoms with van der Waals surface area (Å²) >= 11 is 1.65. The van der Waals surface area contributed by atoms with Gasteiger partial charge in [0.05, 0.1) is 5.00 Å². The van der Waals surface area contributed by atoms with E-state index in [0.717, 1.165) is 17.0 Å². The lowest BCUT2D eigenvalue weighted by Crippen LogP contribution is -2.12. The normalized spacial score (nSPS) is 10.7. The second-order valence-corrected chi connectivity index (χ2v) is 7.85. The van der Waals surface area contributed by atoms with Crippen molar-refractivity contribution in [2.45, 2.75) is 71.3 Å². The molecule has 0 unspecified atom stereocenters. The molecule has 0 radical (unpaired) electrons. The van der Waals surface area contributed by atoms with Crippen LogP contribution in [0.15, 0.2) is 42.5 Å². The summed E-state index contributed by atoms with van der Waals surface area (Å²) < 4.78 is 5.25. The lowest BCUT2D eigenvalue weighted by atomic mass is 10.1. The molecule has 0 saturated heterocycles. The number of aryl methyl sites for hydroxylation is 1. The van der Waals surface area contributed by atoms with E-state index >= 15 is 0 Å². The third-order valence-corrected chi connectivity index (χ3v) is 5.44. The number of ether oxygens (including phenoxy) is 1. The van der Waals surface area contributed by atoms with Crippen molar-refractivity contribution in [2.24, 2.45) is 0 Å². The van der Waals surface area contributed by atoms with Crippen molar-refractivity contribution in [2.75, 3.05) is 5.32 Å². The first-order chi connectivity index (χ1) is 12.8. The van der Waals surface area contributed by atoms with E-state index in [4.69, 9.17) is 4.74 Å². The number of nitrogens with one attached hydrogen (secondary N) is 1. The molecular weight excluding hydrogens is 342 g/mol. The first-order valence-corrected chi connectivity index (χ1v) is 10.7. The first-order valence-electron chi connectivity index (χ1n) is 9.84. The molecule has 1 amide bonds. The number of hydrogen-bond acceptors (Lipinski definition) is 3. The zero-order valence-corrected chi connectivity index (χ0v) is 16.7. The molecule has 0 aliphatic heterocycles. The molecule has 3 nitrogen and oxygen atoms in total. The minimum Gasteiger partial charge on any atom is -0.444 e. The summed E-state index contributed by atoms with van der Waals surface area (Å²) in [6.07, 6.45) is 11.4. The van der Waals surface area contributed by atoms with Crippen LogP contribution in [0.1, 0.15) is 68.7 Å². The maximum Gasteiger partial charge on any atom is 0.412 e. The molecule has 0 aliphatic carbocycles. The van der Waals surface area contributed by atoms with Gasteiger partial charge in [0.15, 0.2) is 0 Å². The van der Waals surface area contributed by atoms with Crippen LogP contribution in [-0.4, -0.2) is 6.09 Å². The van der Waals surface area contributed by atoms with Crippen LogP contribution in [0.4, 0.5) is 9.80 Å². The number of carbonyl (C=O) groups excluding carboxylic acids is 1. The fourth-order valence-corrected chi connectivity index (χ4v) is 3.81. The van der Waals surface area contributed by atoms with Gasteiger partial charge < -0.3 is 4.74 Å². The Morgan fingerprint density at radius 1 is 0.923 bits per heavy atom. The van der Waals surface area contributed by atoms with E-state index in [9.17, 15) is 4.79 Å². The summed E-state index contributed by atoms with van der Waals surface area (Å²) in [4.78, 5) is 13.2. The van der Waals surface area contributed by atoms with Crippen molar-refractivity contribution < 1.29 is 9.53 Å². The molecule has 0 spiro atoms. The SMILES string of the molecule is CCCCCCCCCCc1ccc(NC(=O)OCc2ccccc2)s1. The standard InChI is InChI=1S/C22H31NO2S/c1-2-3-4-5-6-7-8-12-15-20-16-17-21(26-20)23-22(24)25-18-19-13-10-9-11-14-19/h9-11,13-14,16-17H,2-8,12,15,18H2,1H3,(H,23,24). The first kappa shape index (κ1) is 20.5. The average Bonchev–Trinajstić information content (AvgIpc) is 3.10. The molecule has 0 saturated carbocycles. The number of thiophene rings is 1. The molecule has 142 valence electrons. The Morgan fingerprint density at radius 3 is 2.35 bits per heavy atom. The third-order valence-electron chi connectivity index (χ3n) is 4.38. The van der Waals surface area contributed by atoms with E-state index in [2.05, 4.69) is 18.3 Å². The van der Waals surface area contributed by atoms with Crippen LogP contribution in [-0.2, 0) is 17.8 Å². The van der Waals surface area contributed by atoms with Crippen LogP contribution < -0.4 is 5.32 Å². The van der Waals surface area contributed by atoms with E-state index in [1.165, 1.54) is 56.2 Å². The lowest BCUT2D eigenvalue weighted by molar-refractivity contribution is 0.155. The summed E-state index contributed by atoms with van der Waals surface area (Å²) in [5.74, 6) is 0. The van der Waals surface area contributed by atoms with Crippen molar-refractivity contribution >= 4 is 22.4 Å². The maximum atomic E-state index is 11.9. The number of benzene rings is 1. The molecule has 4 heteroatoms. The molecule has 1 aromatic heterocycles. The molecule has 2 rings (SSSR count). The number of carbonyl (C=O) groups is 1. The second-order valence-electron chi connectivity index (χ2n) is 6.68. The Morgan fingerprint density at radius 2 is 1.62 bits per heavy atom. The van der Waals surface area contributed by atoms with Crippen molar-refractivity contribution in [1.29, 1.82) is 0 Å². The molecule has 1 heterocycles. The summed E-state index contributed by atoms with van der Waals surface area (Å²) in [5.41, 5.74) is 0.990. The minimum atomic E-state index is -0.394. The van der Waals surface area contributed by atoms with E-state index in [1.54, 1.807) is 11.3 Å². The van der Waals surface area contributed by atoms with Crippen molar-refractivity contribution in [3.8, 4) is 0 Å². The number of hydrogen-bond donors (Lipinski definition) is 1. The van der Waals surface area contributed by atoms with Gasteiger partial charge in [0.2, 0.25) is 0 Å². The van der Waals surface area contributed by atoms with Crippen LogP contribution in [0.3, 0.4) is 0 Å². The van der Waals surface area contributed by atoms with Gasteiger partial charge in [-0.2, -0.15) is 0 Å². The molecule has 1 N–H and O–H groups in total. The Bertz CT molecular complexity index is 624. The summed E-state index contributed by atoms with van der Waals surface area (Å²) in [6, 6.07) is 13.8. The third kappa shape index (κ3) is 8.52. The highest BCUT2D eigenvalue weighted by Crippen LogP contribution is 2.24. The van der Waals surface area contributed by atoms with E-state index in [1.807, 2.05) is 36.4 Å². The molecule has 0 aliphatic rings. The summed E-state index contributed by atoms with van der Waals surface area (Å²) in [7, 11) is 0. The Balaban J connectivity index is 1.57. The highest BCUT2D eigenvalue weighted by Gasteiger charge is 2.06. The van der Waals surface area contributed by atoms with Crippen LogP contribution in [0.25, 0.3) is 0 Å². The van der Waals surface area contributed by atoms with Crippen LogP contribution in [0.5, 0.6) is 0 Å². The van der Waals surface area contributed by atoms with Gasteiger partial charge in [0.25, 0.3) is 0 Å². The smallest absolute Gasteiger partial charge is 0.412 e. The van der Waals surface area contributed by atoms with Crippen molar-refractivity contribution in [3.63, 3.8) is 0 Å². The molecule has 2 aromatic rings. The number of unbranched alkanes of at least 4 members (excludes halogenated alkanes) is 7. The molecule has 0 fully saturated rings. The highest BCUT2D eigenvalue weighted by molar-refractivity contribution is 7.16. The Kier molecular flexibility index (Phi) is 9.88. The van der Waals surface area contributed by atoms with Gasteiger partial charge in [-0.05, 0) is 30.5 Å². The molecule has 0 bridgehead atoms. The second kappa shape index (κ2) is 12.5. The molecule has 1 aromatic carbocycles. The largest absolute Gasteiger partial charge is 0.444 e. The van der Waals surface area contributed by atoms with Gasteiger partial charge >= 0.3 is 6.09 Å². The zero-order chi connectivity index (χ0) is 18.5. The van der Waals surface area contributed by atoms with Crippen LogP contribution in [0.2, 0.25) is 0 Å². The van der Waals surface area contributed by atoms with E-state index in [0.29, 0.717) is 6.61 Å². The van der Waals surface area contributed by atoms with Gasteiger partial charge in [-0.1, -0.05) is 82.2 Å². The van der Waals surface area contributed by atoms with Gasteiger partial charge in [0.1, 0.15) is 6.61 Å². The van der Waals surface area contributed by atoms with Gasteiger partial charge in [0, 0.05) is 4.88 Å². The molecular formula is C22H31NO2S.